The van der Waals surface area contributed by atoms with Gasteiger partial charge in [0.05, 0.1) is 30.5 Å². The number of hydrogen-bond acceptors (Lipinski definition) is 4. The number of hydrogen-bond donors (Lipinski definition) is 0. The van der Waals surface area contributed by atoms with Gasteiger partial charge in [-0.25, -0.2) is 9.67 Å². The molecule has 0 unspecified atom stereocenters. The van der Waals surface area contributed by atoms with E-state index in [-0.39, 0.29) is 5.41 Å². The Balaban J connectivity index is 2.04. The summed E-state index contributed by atoms with van der Waals surface area (Å²) in [6.07, 6.45) is 4.47. The molecule has 0 radical (unpaired) electrons. The Morgan fingerprint density at radius 2 is 2.20 bits per heavy atom. The lowest BCUT2D eigenvalue weighted by Gasteiger charge is -2.36. The Morgan fingerprint density at radius 3 is 2.75 bits per heavy atom. The molecule has 1 aliphatic heterocycles. The van der Waals surface area contributed by atoms with Crippen molar-refractivity contribution < 1.29 is 4.74 Å². The molecule has 0 spiro atoms. The van der Waals surface area contributed by atoms with Crippen LogP contribution in [0.5, 0.6) is 0 Å². The Hall–Kier alpha value is -1.75. The molecule has 0 aliphatic carbocycles. The van der Waals surface area contributed by atoms with E-state index >= 15 is 0 Å². The second kappa shape index (κ2) is 4.98. The summed E-state index contributed by atoms with van der Waals surface area (Å²) in [6, 6.07) is 3.93. The Bertz CT molecular complexity index is 587. The van der Waals surface area contributed by atoms with E-state index in [1.165, 1.54) is 0 Å². The molecule has 0 saturated carbocycles. The van der Waals surface area contributed by atoms with Crippen molar-refractivity contribution in [2.45, 2.75) is 32.6 Å². The highest BCUT2D eigenvalue weighted by molar-refractivity contribution is 5.30. The summed E-state index contributed by atoms with van der Waals surface area (Å²) in [5, 5.41) is 4.68. The molecule has 5 heteroatoms. The van der Waals surface area contributed by atoms with Crippen molar-refractivity contribution in [2.75, 3.05) is 13.2 Å². The summed E-state index contributed by atoms with van der Waals surface area (Å²) in [5.41, 5.74) is 0.913. The summed E-state index contributed by atoms with van der Waals surface area (Å²) in [7, 11) is 0. The normalized spacial score (nSPS) is 17.2. The first-order valence-electron chi connectivity index (χ1n) is 7.03. The van der Waals surface area contributed by atoms with Gasteiger partial charge in [-0.3, -0.25) is 4.98 Å². The van der Waals surface area contributed by atoms with Gasteiger partial charge in [-0.15, -0.1) is 0 Å². The predicted molar refractivity (Wildman–Crippen MR) is 75.9 cm³/mol. The van der Waals surface area contributed by atoms with E-state index in [0.29, 0.717) is 19.1 Å². The molecule has 1 saturated heterocycles. The van der Waals surface area contributed by atoms with Crippen LogP contribution >= 0.6 is 0 Å². The summed E-state index contributed by atoms with van der Waals surface area (Å²) in [6.45, 7) is 7.93. The number of aromatic nitrogens is 4. The molecule has 0 aromatic carbocycles. The maximum absolute atomic E-state index is 5.38. The summed E-state index contributed by atoms with van der Waals surface area (Å²) < 4.78 is 7.30. The summed E-state index contributed by atoms with van der Waals surface area (Å²) in [5.74, 6) is 2.41. The van der Waals surface area contributed by atoms with Crippen LogP contribution in [0.4, 0.5) is 0 Å². The van der Waals surface area contributed by atoms with Gasteiger partial charge in [0.25, 0.3) is 0 Å². The van der Waals surface area contributed by atoms with Crippen molar-refractivity contribution in [2.24, 2.45) is 5.92 Å². The third-order valence-electron chi connectivity index (χ3n) is 3.51. The van der Waals surface area contributed by atoms with Crippen LogP contribution in [-0.4, -0.2) is 33.0 Å². The van der Waals surface area contributed by atoms with Crippen molar-refractivity contribution in [3.8, 4) is 5.69 Å². The van der Waals surface area contributed by atoms with Crippen LogP contribution in [0, 0.1) is 5.92 Å². The van der Waals surface area contributed by atoms with Gasteiger partial charge in [-0.2, -0.15) is 5.10 Å². The highest BCUT2D eigenvalue weighted by Gasteiger charge is 2.40. The summed E-state index contributed by atoms with van der Waals surface area (Å²) in [4.78, 5) is 8.94. The molecular weight excluding hydrogens is 252 g/mol. The molecule has 0 atom stereocenters. The van der Waals surface area contributed by atoms with Crippen molar-refractivity contribution >= 4 is 0 Å². The van der Waals surface area contributed by atoms with Gasteiger partial charge in [-0.1, -0.05) is 13.8 Å². The lowest BCUT2D eigenvalue weighted by atomic mass is 9.87. The zero-order valence-corrected chi connectivity index (χ0v) is 12.2. The van der Waals surface area contributed by atoms with Gasteiger partial charge in [0.2, 0.25) is 0 Å². The van der Waals surface area contributed by atoms with Crippen molar-refractivity contribution in [1.82, 2.24) is 19.7 Å². The third-order valence-corrected chi connectivity index (χ3v) is 3.51. The van der Waals surface area contributed by atoms with E-state index in [0.717, 1.165) is 23.8 Å². The molecule has 5 nitrogen and oxygen atoms in total. The minimum Gasteiger partial charge on any atom is -0.379 e. The molecule has 0 bridgehead atoms. The van der Waals surface area contributed by atoms with Crippen LogP contribution in [0.25, 0.3) is 5.69 Å². The maximum Gasteiger partial charge on any atom is 0.151 e. The van der Waals surface area contributed by atoms with Gasteiger partial charge >= 0.3 is 0 Å². The third kappa shape index (κ3) is 2.33. The van der Waals surface area contributed by atoms with Crippen LogP contribution in [0.2, 0.25) is 0 Å². The maximum atomic E-state index is 5.38. The first kappa shape index (κ1) is 13.2. The van der Waals surface area contributed by atoms with Crippen LogP contribution in [0.15, 0.2) is 24.5 Å². The number of pyridine rings is 1. The minimum atomic E-state index is -0.0436. The van der Waals surface area contributed by atoms with E-state index in [4.69, 9.17) is 9.72 Å². The van der Waals surface area contributed by atoms with Gasteiger partial charge in [0.1, 0.15) is 5.82 Å². The molecule has 0 N–H and O–H groups in total. The van der Waals surface area contributed by atoms with E-state index in [1.54, 1.807) is 6.20 Å². The monoisotopic (exact) mass is 272 g/mol. The van der Waals surface area contributed by atoms with Crippen molar-refractivity contribution in [3.63, 3.8) is 0 Å². The van der Waals surface area contributed by atoms with Crippen LogP contribution < -0.4 is 0 Å². The van der Waals surface area contributed by atoms with Gasteiger partial charge in [0, 0.05) is 12.6 Å². The van der Waals surface area contributed by atoms with Gasteiger partial charge in [0.15, 0.2) is 5.82 Å². The molecule has 1 fully saturated rings. The molecule has 3 heterocycles. The fraction of sp³-hybridized carbons (Fsp3) is 0.533. The predicted octanol–water partition coefficient (Wildman–Crippen LogP) is 2.15. The van der Waals surface area contributed by atoms with Crippen LogP contribution in [0.3, 0.4) is 0 Å². The first-order chi connectivity index (χ1) is 9.58. The lowest BCUT2D eigenvalue weighted by molar-refractivity contribution is -0.0553. The topological polar surface area (TPSA) is 52.8 Å². The smallest absolute Gasteiger partial charge is 0.151 e. The number of rotatable bonds is 4. The number of ether oxygens (including phenoxy) is 1. The van der Waals surface area contributed by atoms with Crippen LogP contribution in [-0.2, 0) is 16.6 Å². The van der Waals surface area contributed by atoms with Crippen molar-refractivity contribution in [3.05, 3.63) is 36.2 Å². The average Bonchev–Trinajstić information content (AvgIpc) is 2.80. The standard InChI is InChI=1S/C15H20N4O/c1-11(2)7-13-17-14(15(3)9-20-10-15)19(18-13)12-5-4-6-16-8-12/h4-6,8,11H,7,9-10H2,1-3H3. The molecule has 20 heavy (non-hydrogen) atoms. The highest BCUT2D eigenvalue weighted by atomic mass is 16.5. The Labute approximate surface area is 119 Å². The van der Waals surface area contributed by atoms with Crippen LogP contribution in [0.1, 0.15) is 32.4 Å². The van der Waals surface area contributed by atoms with E-state index in [2.05, 4.69) is 30.9 Å². The second-order valence-corrected chi connectivity index (χ2v) is 6.13. The number of nitrogens with zero attached hydrogens (tertiary/aromatic N) is 4. The van der Waals surface area contributed by atoms with Crippen molar-refractivity contribution in [1.29, 1.82) is 0 Å². The SMILES string of the molecule is CC(C)Cc1nc(C2(C)COC2)n(-c2cccnc2)n1. The fourth-order valence-corrected chi connectivity index (χ4v) is 2.39. The second-order valence-electron chi connectivity index (χ2n) is 6.13. The molecule has 0 amide bonds. The van der Waals surface area contributed by atoms with Gasteiger partial charge < -0.3 is 4.74 Å². The lowest BCUT2D eigenvalue weighted by Crippen LogP contribution is -2.46. The minimum absolute atomic E-state index is 0.0436. The molecule has 2 aromatic rings. The van der Waals surface area contributed by atoms with E-state index < -0.39 is 0 Å². The average molecular weight is 272 g/mol. The Morgan fingerprint density at radius 1 is 1.40 bits per heavy atom. The van der Waals surface area contributed by atoms with E-state index in [9.17, 15) is 0 Å². The quantitative estimate of drug-likeness (QED) is 0.855. The van der Waals surface area contributed by atoms with E-state index in [1.807, 2.05) is 23.0 Å². The fourth-order valence-electron chi connectivity index (χ4n) is 2.39. The Kier molecular flexibility index (Phi) is 3.30. The first-order valence-corrected chi connectivity index (χ1v) is 7.03. The molecule has 2 aromatic heterocycles. The zero-order valence-electron chi connectivity index (χ0n) is 12.2. The highest BCUT2D eigenvalue weighted by Crippen LogP contribution is 2.31. The molecule has 106 valence electrons. The molecular formula is C15H20N4O. The largest absolute Gasteiger partial charge is 0.379 e. The summed E-state index contributed by atoms with van der Waals surface area (Å²) >= 11 is 0. The van der Waals surface area contributed by atoms with Gasteiger partial charge in [-0.05, 0) is 25.0 Å². The zero-order chi connectivity index (χ0) is 14.2. The molecule has 3 rings (SSSR count). The molecule has 1 aliphatic rings.